The summed E-state index contributed by atoms with van der Waals surface area (Å²) < 4.78 is 1.00. The molecule has 1 nitrogen and oxygen atoms in total. The molecule has 0 bridgehead atoms. The molecule has 0 aliphatic carbocycles. The summed E-state index contributed by atoms with van der Waals surface area (Å²) >= 11 is 5.08. The normalized spacial score (nSPS) is 9.80. The summed E-state index contributed by atoms with van der Waals surface area (Å²) in [6, 6.07) is 5.86. The van der Waals surface area contributed by atoms with Crippen LogP contribution in [-0.2, 0) is 0 Å². The molecule has 0 aliphatic heterocycles. The molecule has 0 spiro atoms. The minimum Gasteiger partial charge on any atom is -0.398 e. The van der Waals surface area contributed by atoms with Crippen LogP contribution in [0.4, 0.5) is 5.69 Å². The number of thioether (sulfide) groups is 1. The quantitative estimate of drug-likeness (QED) is 0.579. The summed E-state index contributed by atoms with van der Waals surface area (Å²) in [6.45, 7) is 0. The zero-order valence-electron chi connectivity index (χ0n) is 5.60. The summed E-state index contributed by atoms with van der Waals surface area (Å²) in [6.07, 6.45) is 2.03. The zero-order valence-corrected chi connectivity index (χ0v) is 8.00. The number of hydrogen-bond donors (Lipinski definition) is 1. The van der Waals surface area contributed by atoms with Gasteiger partial charge in [-0.1, -0.05) is 6.07 Å². The molecular formula is C7H8BrNS. The Morgan fingerprint density at radius 1 is 1.50 bits per heavy atom. The second-order valence-corrected chi connectivity index (χ2v) is 3.50. The lowest BCUT2D eigenvalue weighted by Gasteiger charge is -2.01. The topological polar surface area (TPSA) is 26.0 Å². The highest BCUT2D eigenvalue weighted by Gasteiger charge is 1.99. The van der Waals surface area contributed by atoms with Crippen molar-refractivity contribution in [3.8, 4) is 0 Å². The minimum atomic E-state index is 0.798. The van der Waals surface area contributed by atoms with Crippen molar-refractivity contribution < 1.29 is 0 Å². The molecule has 0 fully saturated rings. The van der Waals surface area contributed by atoms with Crippen molar-refractivity contribution in [3.63, 3.8) is 0 Å². The van der Waals surface area contributed by atoms with E-state index in [1.165, 1.54) is 4.90 Å². The molecule has 0 aliphatic rings. The largest absolute Gasteiger partial charge is 0.398 e. The lowest BCUT2D eigenvalue weighted by atomic mass is 10.3. The first-order chi connectivity index (χ1) is 4.75. The van der Waals surface area contributed by atoms with E-state index in [-0.39, 0.29) is 0 Å². The molecule has 1 aromatic rings. The van der Waals surface area contributed by atoms with Crippen LogP contribution in [0.5, 0.6) is 0 Å². The maximum Gasteiger partial charge on any atom is 0.0540 e. The fourth-order valence-electron chi connectivity index (χ4n) is 0.685. The fraction of sp³-hybridized carbons (Fsp3) is 0.143. The van der Waals surface area contributed by atoms with E-state index in [0.717, 1.165) is 10.2 Å². The van der Waals surface area contributed by atoms with Crippen molar-refractivity contribution in [3.05, 3.63) is 22.7 Å². The smallest absolute Gasteiger partial charge is 0.0540 e. The van der Waals surface area contributed by atoms with Crippen LogP contribution < -0.4 is 5.73 Å². The van der Waals surface area contributed by atoms with Crippen molar-refractivity contribution in [2.75, 3.05) is 12.0 Å². The van der Waals surface area contributed by atoms with E-state index < -0.39 is 0 Å². The van der Waals surface area contributed by atoms with Gasteiger partial charge in [0.2, 0.25) is 0 Å². The van der Waals surface area contributed by atoms with Gasteiger partial charge in [0.25, 0.3) is 0 Å². The number of nitrogens with two attached hydrogens (primary N) is 1. The van der Waals surface area contributed by atoms with E-state index in [1.807, 2.05) is 24.5 Å². The van der Waals surface area contributed by atoms with Crippen LogP contribution in [0.15, 0.2) is 27.6 Å². The van der Waals surface area contributed by atoms with E-state index in [4.69, 9.17) is 5.73 Å². The van der Waals surface area contributed by atoms with Gasteiger partial charge in [0, 0.05) is 10.6 Å². The second kappa shape index (κ2) is 3.30. The van der Waals surface area contributed by atoms with Crippen molar-refractivity contribution >= 4 is 33.4 Å². The number of hydrogen-bond acceptors (Lipinski definition) is 2. The molecule has 0 amide bonds. The Hall–Kier alpha value is -0.150. The van der Waals surface area contributed by atoms with Gasteiger partial charge in [-0.2, -0.15) is 0 Å². The van der Waals surface area contributed by atoms with Crippen LogP contribution >= 0.6 is 27.7 Å². The molecule has 1 aromatic carbocycles. The standard InChI is InChI=1S/C7H8BrNS/c1-10-6-4-2-3-5(9)7(6)8/h2-4H,9H2,1H3. The Bertz CT molecular complexity index is 237. The predicted octanol–water partition coefficient (Wildman–Crippen LogP) is 2.75. The monoisotopic (exact) mass is 217 g/mol. The van der Waals surface area contributed by atoms with Gasteiger partial charge >= 0.3 is 0 Å². The third-order valence-corrected chi connectivity index (χ3v) is 3.14. The average molecular weight is 218 g/mol. The molecule has 10 heavy (non-hydrogen) atoms. The van der Waals surface area contributed by atoms with Gasteiger partial charge in [0.05, 0.1) is 4.47 Å². The number of rotatable bonds is 1. The molecule has 0 radical (unpaired) electrons. The Labute approximate surface area is 73.1 Å². The summed E-state index contributed by atoms with van der Waals surface area (Å²) in [7, 11) is 0. The molecule has 0 saturated heterocycles. The third-order valence-electron chi connectivity index (χ3n) is 1.21. The molecule has 0 saturated carbocycles. The maximum atomic E-state index is 5.64. The van der Waals surface area contributed by atoms with Gasteiger partial charge in [-0.15, -0.1) is 11.8 Å². The van der Waals surface area contributed by atoms with Crippen molar-refractivity contribution in [2.24, 2.45) is 0 Å². The van der Waals surface area contributed by atoms with Gasteiger partial charge in [0.1, 0.15) is 0 Å². The Kier molecular flexibility index (Phi) is 2.63. The van der Waals surface area contributed by atoms with Crippen LogP contribution in [0.1, 0.15) is 0 Å². The molecule has 54 valence electrons. The molecule has 0 unspecified atom stereocenters. The first-order valence-corrected chi connectivity index (χ1v) is 4.85. The molecule has 2 N–H and O–H groups in total. The van der Waals surface area contributed by atoms with Crippen molar-refractivity contribution in [2.45, 2.75) is 4.90 Å². The maximum absolute atomic E-state index is 5.64. The Morgan fingerprint density at radius 3 is 2.70 bits per heavy atom. The van der Waals surface area contributed by atoms with Gasteiger partial charge in [-0.05, 0) is 34.3 Å². The molecule has 0 heterocycles. The van der Waals surface area contributed by atoms with E-state index in [9.17, 15) is 0 Å². The summed E-state index contributed by atoms with van der Waals surface area (Å²) in [4.78, 5) is 1.18. The predicted molar refractivity (Wildman–Crippen MR) is 50.3 cm³/mol. The molecule has 0 atom stereocenters. The number of nitrogen functional groups attached to an aromatic ring is 1. The van der Waals surface area contributed by atoms with E-state index in [1.54, 1.807) is 11.8 Å². The average Bonchev–Trinajstić information content (AvgIpc) is 1.95. The lowest BCUT2D eigenvalue weighted by molar-refractivity contribution is 1.41. The van der Waals surface area contributed by atoms with Crippen LogP contribution in [0.2, 0.25) is 0 Å². The zero-order chi connectivity index (χ0) is 7.56. The second-order valence-electron chi connectivity index (χ2n) is 1.86. The van der Waals surface area contributed by atoms with E-state index in [2.05, 4.69) is 15.9 Å². The molecular weight excluding hydrogens is 210 g/mol. The van der Waals surface area contributed by atoms with Crippen molar-refractivity contribution in [1.82, 2.24) is 0 Å². The highest BCUT2D eigenvalue weighted by Crippen LogP contribution is 2.29. The molecule has 1 rings (SSSR count). The summed E-state index contributed by atoms with van der Waals surface area (Å²) in [5.41, 5.74) is 6.43. The Morgan fingerprint density at radius 2 is 2.20 bits per heavy atom. The first kappa shape index (κ1) is 7.95. The SMILES string of the molecule is CSc1cccc(N)c1Br. The summed E-state index contributed by atoms with van der Waals surface area (Å²) in [5.74, 6) is 0. The van der Waals surface area contributed by atoms with Crippen LogP contribution in [-0.4, -0.2) is 6.26 Å². The third kappa shape index (κ3) is 1.47. The van der Waals surface area contributed by atoms with E-state index in [0.29, 0.717) is 0 Å². The summed E-state index contributed by atoms with van der Waals surface area (Å²) in [5, 5.41) is 0. The first-order valence-electron chi connectivity index (χ1n) is 2.83. The van der Waals surface area contributed by atoms with Crippen LogP contribution in [0.3, 0.4) is 0 Å². The van der Waals surface area contributed by atoms with Crippen molar-refractivity contribution in [1.29, 1.82) is 0 Å². The lowest BCUT2D eigenvalue weighted by Crippen LogP contribution is -1.86. The van der Waals surface area contributed by atoms with Gasteiger partial charge < -0.3 is 5.73 Å². The number of halogens is 1. The van der Waals surface area contributed by atoms with Gasteiger partial charge in [-0.3, -0.25) is 0 Å². The minimum absolute atomic E-state index is 0.798. The van der Waals surface area contributed by atoms with E-state index >= 15 is 0 Å². The Balaban J connectivity index is 3.14. The van der Waals surface area contributed by atoms with Gasteiger partial charge in [0.15, 0.2) is 0 Å². The fourth-order valence-corrected chi connectivity index (χ4v) is 1.95. The number of anilines is 1. The van der Waals surface area contributed by atoms with Crippen LogP contribution in [0, 0.1) is 0 Å². The molecule has 0 aromatic heterocycles. The number of benzene rings is 1. The highest BCUT2D eigenvalue weighted by atomic mass is 79.9. The highest BCUT2D eigenvalue weighted by molar-refractivity contribution is 9.10. The molecule has 3 heteroatoms. The van der Waals surface area contributed by atoms with Crippen LogP contribution in [0.25, 0.3) is 0 Å². The van der Waals surface area contributed by atoms with Gasteiger partial charge in [-0.25, -0.2) is 0 Å².